The highest BCUT2D eigenvalue weighted by Crippen LogP contribution is 2.21. The van der Waals surface area contributed by atoms with Gasteiger partial charge in [-0.2, -0.15) is 5.26 Å². The van der Waals surface area contributed by atoms with Crippen molar-refractivity contribution in [3.05, 3.63) is 28.8 Å². The highest BCUT2D eigenvalue weighted by molar-refractivity contribution is 5.92. The van der Waals surface area contributed by atoms with Gasteiger partial charge < -0.3 is 15.6 Å². The molecule has 0 heterocycles. The minimum atomic E-state index is -0.622. The molecular weight excluding hydrogens is 196 g/mol. The van der Waals surface area contributed by atoms with E-state index in [1.54, 1.807) is 0 Å². The van der Waals surface area contributed by atoms with Crippen LogP contribution in [0, 0.1) is 11.3 Å². The minimum Gasteiger partial charge on any atom is -0.508 e. The molecule has 0 radical (unpaired) electrons. The molecule has 0 amide bonds. The van der Waals surface area contributed by atoms with Gasteiger partial charge in [0.05, 0.1) is 24.3 Å². The topological polar surface area (TPSA) is 96.3 Å². The fraction of sp³-hybridized carbons (Fsp3) is 0.200. The van der Waals surface area contributed by atoms with Gasteiger partial charge in [0.25, 0.3) is 0 Å². The van der Waals surface area contributed by atoms with Crippen LogP contribution in [0.4, 0.5) is 0 Å². The molecule has 1 aromatic carbocycles. The third kappa shape index (κ3) is 2.06. The van der Waals surface area contributed by atoms with E-state index < -0.39 is 5.97 Å². The number of phenolic OH excluding ortho intramolecular Hbond substituents is 1. The maximum absolute atomic E-state index is 11.3. The van der Waals surface area contributed by atoms with Crippen LogP contribution >= 0.6 is 0 Å². The number of methoxy groups -OCH3 is 1. The minimum absolute atomic E-state index is 0.0353. The first-order chi connectivity index (χ1) is 7.13. The SMILES string of the molecule is COC(=O)c1cc(O)cc(C#N)c1CN. The molecule has 0 aromatic heterocycles. The normalized spacial score (nSPS) is 9.40. The van der Waals surface area contributed by atoms with Crippen molar-refractivity contribution in [3.63, 3.8) is 0 Å². The molecular formula is C10H10N2O3. The lowest BCUT2D eigenvalue weighted by atomic mass is 10.0. The van der Waals surface area contributed by atoms with E-state index in [4.69, 9.17) is 11.0 Å². The summed E-state index contributed by atoms with van der Waals surface area (Å²) in [6.07, 6.45) is 0. The first-order valence-electron chi connectivity index (χ1n) is 4.18. The Balaban J connectivity index is 3.43. The number of benzene rings is 1. The van der Waals surface area contributed by atoms with Gasteiger partial charge in [-0.05, 0) is 17.7 Å². The number of nitrogens with zero attached hydrogens (tertiary/aromatic N) is 1. The number of rotatable bonds is 2. The van der Waals surface area contributed by atoms with Crippen LogP contribution in [0.3, 0.4) is 0 Å². The Morgan fingerprint density at radius 2 is 2.33 bits per heavy atom. The van der Waals surface area contributed by atoms with Crippen molar-refractivity contribution in [1.29, 1.82) is 5.26 Å². The summed E-state index contributed by atoms with van der Waals surface area (Å²) in [7, 11) is 1.22. The third-order valence-corrected chi connectivity index (χ3v) is 1.96. The lowest BCUT2D eigenvalue weighted by Crippen LogP contribution is -2.10. The van der Waals surface area contributed by atoms with Gasteiger partial charge in [0.1, 0.15) is 5.75 Å². The van der Waals surface area contributed by atoms with Crippen LogP contribution in [-0.4, -0.2) is 18.2 Å². The molecule has 0 aliphatic carbocycles. The molecule has 0 unspecified atom stereocenters. The van der Waals surface area contributed by atoms with Crippen molar-refractivity contribution in [3.8, 4) is 11.8 Å². The number of carbonyl (C=O) groups is 1. The monoisotopic (exact) mass is 206 g/mol. The van der Waals surface area contributed by atoms with Crippen LogP contribution < -0.4 is 5.73 Å². The Morgan fingerprint density at radius 3 is 2.80 bits per heavy atom. The predicted molar refractivity (Wildman–Crippen MR) is 52.1 cm³/mol. The quantitative estimate of drug-likeness (QED) is 0.687. The van der Waals surface area contributed by atoms with E-state index >= 15 is 0 Å². The number of hydrogen-bond donors (Lipinski definition) is 2. The van der Waals surface area contributed by atoms with Gasteiger partial charge in [-0.25, -0.2) is 4.79 Å². The van der Waals surface area contributed by atoms with Crippen LogP contribution in [0.15, 0.2) is 12.1 Å². The molecule has 1 rings (SSSR count). The Morgan fingerprint density at radius 1 is 1.67 bits per heavy atom. The Kier molecular flexibility index (Phi) is 3.26. The fourth-order valence-corrected chi connectivity index (χ4v) is 1.27. The molecule has 0 aliphatic heterocycles. The summed E-state index contributed by atoms with van der Waals surface area (Å²) >= 11 is 0. The molecule has 3 N–H and O–H groups in total. The number of hydrogen-bond acceptors (Lipinski definition) is 5. The summed E-state index contributed by atoms with van der Waals surface area (Å²) in [4.78, 5) is 11.3. The van der Waals surface area contributed by atoms with Gasteiger partial charge in [0.15, 0.2) is 0 Å². The first kappa shape index (κ1) is 11.0. The molecule has 0 atom stereocenters. The molecule has 0 spiro atoms. The largest absolute Gasteiger partial charge is 0.508 e. The van der Waals surface area contributed by atoms with E-state index in [2.05, 4.69) is 4.74 Å². The zero-order chi connectivity index (χ0) is 11.4. The van der Waals surface area contributed by atoms with E-state index in [1.807, 2.05) is 6.07 Å². The van der Waals surface area contributed by atoms with Gasteiger partial charge >= 0.3 is 5.97 Å². The summed E-state index contributed by atoms with van der Waals surface area (Å²) in [6, 6.07) is 4.35. The average molecular weight is 206 g/mol. The molecule has 5 heteroatoms. The summed E-state index contributed by atoms with van der Waals surface area (Å²) in [6.45, 7) is 0.0353. The first-order valence-corrected chi connectivity index (χ1v) is 4.18. The van der Waals surface area contributed by atoms with Gasteiger partial charge in [-0.3, -0.25) is 0 Å². The average Bonchev–Trinajstić information content (AvgIpc) is 2.26. The molecule has 0 saturated carbocycles. The Hall–Kier alpha value is -2.06. The van der Waals surface area contributed by atoms with Crippen LogP contribution in [0.5, 0.6) is 5.75 Å². The standard InChI is InChI=1S/C10H10N2O3/c1-15-10(14)8-3-7(13)2-6(4-11)9(8)5-12/h2-3,13H,5,12H2,1H3. The lowest BCUT2D eigenvalue weighted by Gasteiger charge is -2.08. The summed E-state index contributed by atoms with van der Waals surface area (Å²) < 4.78 is 4.52. The van der Waals surface area contributed by atoms with Crippen molar-refractivity contribution in [2.24, 2.45) is 5.73 Å². The van der Waals surface area contributed by atoms with E-state index in [9.17, 15) is 9.90 Å². The second-order valence-electron chi connectivity index (χ2n) is 2.83. The summed E-state index contributed by atoms with van der Waals surface area (Å²) in [5.41, 5.74) is 6.11. The molecule has 0 aliphatic rings. The highest BCUT2D eigenvalue weighted by atomic mass is 16.5. The van der Waals surface area contributed by atoms with Crippen molar-refractivity contribution >= 4 is 5.97 Å². The molecule has 0 fully saturated rings. The fourth-order valence-electron chi connectivity index (χ4n) is 1.27. The third-order valence-electron chi connectivity index (χ3n) is 1.96. The summed E-state index contributed by atoms with van der Waals surface area (Å²) in [5, 5.41) is 18.1. The van der Waals surface area contributed by atoms with Crippen molar-refractivity contribution in [2.75, 3.05) is 7.11 Å². The summed E-state index contributed by atoms with van der Waals surface area (Å²) in [5.74, 6) is -0.785. The lowest BCUT2D eigenvalue weighted by molar-refractivity contribution is 0.0599. The number of nitrogens with two attached hydrogens (primary N) is 1. The van der Waals surface area contributed by atoms with Gasteiger partial charge in [-0.15, -0.1) is 0 Å². The van der Waals surface area contributed by atoms with E-state index in [1.165, 1.54) is 19.2 Å². The van der Waals surface area contributed by atoms with Crippen molar-refractivity contribution in [2.45, 2.75) is 6.54 Å². The number of esters is 1. The predicted octanol–water partition coefficient (Wildman–Crippen LogP) is 0.509. The Bertz CT molecular complexity index is 435. The van der Waals surface area contributed by atoms with E-state index in [0.717, 1.165) is 0 Å². The van der Waals surface area contributed by atoms with E-state index in [0.29, 0.717) is 5.56 Å². The molecule has 15 heavy (non-hydrogen) atoms. The number of carbonyl (C=O) groups excluding carboxylic acids is 1. The van der Waals surface area contributed by atoms with Crippen LogP contribution in [0.2, 0.25) is 0 Å². The van der Waals surface area contributed by atoms with Crippen LogP contribution in [0.25, 0.3) is 0 Å². The van der Waals surface area contributed by atoms with Gasteiger partial charge in [0, 0.05) is 6.54 Å². The second-order valence-corrected chi connectivity index (χ2v) is 2.83. The Labute approximate surface area is 86.7 Å². The highest BCUT2D eigenvalue weighted by Gasteiger charge is 2.16. The maximum Gasteiger partial charge on any atom is 0.338 e. The number of ether oxygens (including phenoxy) is 1. The smallest absolute Gasteiger partial charge is 0.338 e. The maximum atomic E-state index is 11.3. The van der Waals surface area contributed by atoms with Crippen LogP contribution in [0.1, 0.15) is 21.5 Å². The van der Waals surface area contributed by atoms with Crippen molar-refractivity contribution in [1.82, 2.24) is 0 Å². The molecule has 0 bridgehead atoms. The van der Waals surface area contributed by atoms with Gasteiger partial charge in [-0.1, -0.05) is 0 Å². The van der Waals surface area contributed by atoms with E-state index in [-0.39, 0.29) is 23.4 Å². The zero-order valence-corrected chi connectivity index (χ0v) is 8.15. The zero-order valence-electron chi connectivity index (χ0n) is 8.15. The van der Waals surface area contributed by atoms with Gasteiger partial charge in [0.2, 0.25) is 0 Å². The van der Waals surface area contributed by atoms with Crippen molar-refractivity contribution < 1.29 is 14.6 Å². The number of phenols is 1. The van der Waals surface area contributed by atoms with Crippen LogP contribution in [-0.2, 0) is 11.3 Å². The molecule has 5 nitrogen and oxygen atoms in total. The molecule has 1 aromatic rings. The number of aromatic hydroxyl groups is 1. The number of nitriles is 1. The molecule has 78 valence electrons. The second kappa shape index (κ2) is 4.44. The molecule has 0 saturated heterocycles.